The highest BCUT2D eigenvalue weighted by atomic mass is 32.5. The van der Waals surface area contributed by atoms with E-state index < -0.39 is 73.4 Å². The highest BCUT2D eigenvalue weighted by molar-refractivity contribution is 8.07. The SMILES string of the molecule is Nc1nc2c(ncn2[C@@H]2O[C@H](COP(O)(=S)OC[C@H]3O[C@@H](n4cc(F)c(=O)[nH]c4=O)[C@@H](O)[C@H]3O)C[C@@H]2O)c(=S)[nH]1. The fourth-order valence-corrected chi connectivity index (χ4v) is 5.72. The van der Waals surface area contributed by atoms with Crippen LogP contribution in [0.1, 0.15) is 18.9 Å². The lowest BCUT2D eigenvalue weighted by Crippen LogP contribution is -2.38. The minimum absolute atomic E-state index is 0.0536. The number of nitrogen functional groups attached to an aromatic ring is 1. The molecule has 2 aliphatic rings. The van der Waals surface area contributed by atoms with Crippen molar-refractivity contribution < 1.29 is 43.1 Å². The van der Waals surface area contributed by atoms with Crippen molar-refractivity contribution in [2.45, 2.75) is 49.4 Å². The molecule has 17 nitrogen and oxygen atoms in total. The number of nitrogens with two attached hydrogens (primary N) is 1. The summed E-state index contributed by atoms with van der Waals surface area (Å²) in [4.78, 5) is 46.4. The topological polar surface area (TPSA) is 245 Å². The predicted octanol–water partition coefficient (Wildman–Crippen LogP) is -1.72. The van der Waals surface area contributed by atoms with Crippen LogP contribution in [-0.4, -0.2) is 93.0 Å². The van der Waals surface area contributed by atoms with Crippen molar-refractivity contribution in [3.05, 3.63) is 43.8 Å². The number of aliphatic hydroxyl groups excluding tert-OH is 3. The Morgan fingerprint density at radius 3 is 2.62 bits per heavy atom. The molecule has 2 aliphatic heterocycles. The number of imidazole rings is 1. The Morgan fingerprint density at radius 1 is 1.15 bits per heavy atom. The van der Waals surface area contributed by atoms with Crippen molar-refractivity contribution in [1.82, 2.24) is 29.1 Å². The van der Waals surface area contributed by atoms with E-state index in [0.717, 1.165) is 0 Å². The van der Waals surface area contributed by atoms with Gasteiger partial charge in [-0.2, -0.15) is 9.37 Å². The summed E-state index contributed by atoms with van der Waals surface area (Å²) in [7, 11) is 0. The third-order valence-electron chi connectivity index (χ3n) is 6.25. The van der Waals surface area contributed by atoms with E-state index in [4.69, 9.17) is 48.3 Å². The van der Waals surface area contributed by atoms with Crippen LogP contribution >= 0.6 is 18.9 Å². The normalized spacial score (nSPS) is 30.2. The largest absolute Gasteiger partial charge is 0.388 e. The molecule has 3 aromatic heterocycles. The van der Waals surface area contributed by atoms with Crippen LogP contribution in [0.2, 0.25) is 0 Å². The Bertz CT molecular complexity index is 1650. The molecule has 21 heteroatoms. The van der Waals surface area contributed by atoms with Crippen LogP contribution in [0.15, 0.2) is 22.1 Å². The van der Waals surface area contributed by atoms with Crippen LogP contribution in [0, 0.1) is 10.5 Å². The molecular weight excluding hydrogens is 600 g/mol. The second-order valence-electron chi connectivity index (χ2n) is 8.98. The lowest BCUT2D eigenvalue weighted by atomic mass is 10.1. The molecule has 5 rings (SSSR count). The fraction of sp³-hybridized carbons (Fsp3) is 0.526. The first kappa shape index (κ1) is 29.0. The number of H-pyrrole nitrogens is 2. The van der Waals surface area contributed by atoms with Crippen molar-refractivity contribution in [2.24, 2.45) is 0 Å². The quantitative estimate of drug-likeness (QED) is 0.109. The molecule has 8 atom stereocenters. The molecule has 40 heavy (non-hydrogen) atoms. The number of anilines is 1. The highest BCUT2D eigenvalue weighted by Gasteiger charge is 2.45. The van der Waals surface area contributed by atoms with Gasteiger partial charge in [0.25, 0.3) is 5.56 Å². The Labute approximate surface area is 232 Å². The molecule has 0 aromatic carbocycles. The van der Waals surface area contributed by atoms with Crippen molar-refractivity contribution >= 4 is 47.9 Å². The maximum absolute atomic E-state index is 13.6. The number of aromatic nitrogens is 6. The maximum atomic E-state index is 13.6. The summed E-state index contributed by atoms with van der Waals surface area (Å²) in [5.41, 5.74) is 4.04. The van der Waals surface area contributed by atoms with Gasteiger partial charge >= 0.3 is 12.4 Å². The average molecular weight is 624 g/mol. The number of halogens is 1. The molecule has 5 heterocycles. The second-order valence-corrected chi connectivity index (χ2v) is 12.2. The Hall–Kier alpha value is -2.49. The number of ether oxygens (including phenoxy) is 2. The Kier molecular flexibility index (Phi) is 8.03. The van der Waals surface area contributed by atoms with E-state index in [2.05, 4.69) is 15.0 Å². The number of fused-ring (bicyclic) bond motifs is 1. The molecule has 1 unspecified atom stereocenters. The summed E-state index contributed by atoms with van der Waals surface area (Å²) in [5.74, 6) is -1.26. The van der Waals surface area contributed by atoms with Crippen LogP contribution in [0.5, 0.6) is 0 Å². The standard InChI is InChI=1S/C19H23FN7O10PS2/c20-7-2-26(19(32)24-14(7)31)17-12(30)11(29)9(37-17)4-35-38(33,40)34-3-6-1-8(28)16(36-6)27-5-22-10-13(27)23-18(21)25-15(10)39/h2,5-6,8-9,11-12,16-17,28-30H,1,3-4H2,(H,33,40)(H,24,31,32)(H3,21,23,25,39)/t6-,8-,9+,11-,12-,16+,17+,38?/m0/s1. The van der Waals surface area contributed by atoms with Gasteiger partial charge in [0, 0.05) is 6.42 Å². The molecule has 2 fully saturated rings. The number of aliphatic hydroxyl groups is 3. The second kappa shape index (κ2) is 11.1. The van der Waals surface area contributed by atoms with Gasteiger partial charge in [0.05, 0.1) is 31.8 Å². The van der Waals surface area contributed by atoms with E-state index in [-0.39, 0.29) is 23.6 Å². The molecule has 0 spiro atoms. The highest BCUT2D eigenvalue weighted by Crippen LogP contribution is 2.46. The molecule has 2 saturated heterocycles. The molecule has 3 aromatic rings. The molecule has 8 N–H and O–H groups in total. The van der Waals surface area contributed by atoms with Crippen LogP contribution in [-0.2, 0) is 30.3 Å². The van der Waals surface area contributed by atoms with Gasteiger partial charge in [-0.3, -0.25) is 18.9 Å². The lowest BCUT2D eigenvalue weighted by Gasteiger charge is -2.21. The summed E-state index contributed by atoms with van der Waals surface area (Å²) >= 11 is 10.2. The van der Waals surface area contributed by atoms with Gasteiger partial charge in [0.1, 0.15) is 34.6 Å². The summed E-state index contributed by atoms with van der Waals surface area (Å²) < 4.78 is 37.8. The zero-order chi connectivity index (χ0) is 28.9. The number of aromatic amines is 2. The number of hydrogen-bond donors (Lipinski definition) is 7. The van der Waals surface area contributed by atoms with Crippen LogP contribution in [0.4, 0.5) is 10.3 Å². The van der Waals surface area contributed by atoms with E-state index >= 15 is 0 Å². The van der Waals surface area contributed by atoms with Gasteiger partial charge < -0.3 is 49.5 Å². The molecule has 218 valence electrons. The average Bonchev–Trinajstić information content (AvgIpc) is 3.55. The van der Waals surface area contributed by atoms with Crippen LogP contribution < -0.4 is 17.0 Å². The van der Waals surface area contributed by atoms with E-state index in [9.17, 15) is 34.2 Å². The third kappa shape index (κ3) is 5.65. The van der Waals surface area contributed by atoms with Crippen molar-refractivity contribution in [3.8, 4) is 0 Å². The molecule has 0 aliphatic carbocycles. The molecule has 0 amide bonds. The van der Waals surface area contributed by atoms with Gasteiger partial charge in [0.2, 0.25) is 11.8 Å². The third-order valence-corrected chi connectivity index (χ3v) is 8.13. The first-order chi connectivity index (χ1) is 18.8. The van der Waals surface area contributed by atoms with Crippen molar-refractivity contribution in [1.29, 1.82) is 0 Å². The van der Waals surface area contributed by atoms with E-state index in [1.807, 2.05) is 0 Å². The monoisotopic (exact) mass is 623 g/mol. The number of rotatable bonds is 8. The van der Waals surface area contributed by atoms with Gasteiger partial charge in [-0.1, -0.05) is 12.2 Å². The summed E-state index contributed by atoms with van der Waals surface area (Å²) in [6.07, 6.45) is -6.85. The first-order valence-electron chi connectivity index (χ1n) is 11.5. The van der Waals surface area contributed by atoms with Gasteiger partial charge in [0.15, 0.2) is 18.1 Å². The number of hydrogen-bond acceptors (Lipinski definition) is 14. The smallest absolute Gasteiger partial charge is 0.330 e. The van der Waals surface area contributed by atoms with E-state index in [0.29, 0.717) is 21.9 Å². The van der Waals surface area contributed by atoms with Crippen LogP contribution in [0.25, 0.3) is 11.2 Å². The molecular formula is C19H23FN7O10PS2. The lowest BCUT2D eigenvalue weighted by molar-refractivity contribution is -0.0579. The fourth-order valence-electron chi connectivity index (χ4n) is 4.35. The van der Waals surface area contributed by atoms with E-state index in [1.165, 1.54) is 10.9 Å². The van der Waals surface area contributed by atoms with Crippen LogP contribution in [0.3, 0.4) is 0 Å². The molecule has 0 radical (unpaired) electrons. The minimum Gasteiger partial charge on any atom is -0.388 e. The van der Waals surface area contributed by atoms with Crippen molar-refractivity contribution in [3.63, 3.8) is 0 Å². The van der Waals surface area contributed by atoms with Gasteiger partial charge in [-0.25, -0.2) is 9.78 Å². The van der Waals surface area contributed by atoms with Gasteiger partial charge in [-0.05, 0) is 11.8 Å². The first-order valence-corrected chi connectivity index (χ1v) is 14.5. The van der Waals surface area contributed by atoms with E-state index in [1.54, 1.807) is 4.98 Å². The number of nitrogens with zero attached hydrogens (tertiary/aromatic N) is 4. The summed E-state index contributed by atoms with van der Waals surface area (Å²) in [6.45, 7) is -4.81. The Balaban J connectivity index is 1.18. The van der Waals surface area contributed by atoms with Crippen molar-refractivity contribution in [2.75, 3.05) is 18.9 Å². The van der Waals surface area contributed by atoms with Gasteiger partial charge in [-0.15, -0.1) is 0 Å². The minimum atomic E-state index is -3.95. The predicted molar refractivity (Wildman–Crippen MR) is 137 cm³/mol. The molecule has 0 bridgehead atoms. The molecule has 0 saturated carbocycles. The zero-order valence-corrected chi connectivity index (χ0v) is 22.6. The summed E-state index contributed by atoms with van der Waals surface area (Å²) in [6, 6.07) is 0. The zero-order valence-electron chi connectivity index (χ0n) is 20.1. The summed E-state index contributed by atoms with van der Waals surface area (Å²) in [5, 5.41) is 31.2. The maximum Gasteiger partial charge on any atom is 0.330 e. The number of nitrogens with one attached hydrogen (secondary N) is 2. The Morgan fingerprint density at radius 2 is 1.88 bits per heavy atom.